The molecule has 0 aromatic heterocycles. The van der Waals surface area contributed by atoms with Crippen molar-refractivity contribution in [2.24, 2.45) is 0 Å². The fraction of sp³-hybridized carbons (Fsp3) is 0. The van der Waals surface area contributed by atoms with E-state index < -0.39 is 0 Å². The van der Waals surface area contributed by atoms with Crippen molar-refractivity contribution in [1.29, 1.82) is 0 Å². The van der Waals surface area contributed by atoms with E-state index in [0.717, 1.165) is 0 Å². The number of hydrogen-bond acceptors (Lipinski definition) is 1. The van der Waals surface area contributed by atoms with Gasteiger partial charge in [0, 0.05) is 0 Å². The van der Waals surface area contributed by atoms with Gasteiger partial charge in [-0.25, -0.2) is 0 Å². The Bertz CT molecular complexity index is 10.0. The third kappa shape index (κ3) is 2.75. The van der Waals surface area contributed by atoms with Crippen molar-refractivity contribution in [2.45, 2.75) is 0 Å². The molecule has 4 heteroatoms. The van der Waals surface area contributed by atoms with Crippen LogP contribution >= 0.6 is 0 Å². The number of halogens is 1. The summed E-state index contributed by atoms with van der Waals surface area (Å²) in [4.78, 5) is 0. The molecule has 0 rings (SSSR count). The molecular weight excluding hydrogens is 165 g/mol. The molecule has 3 radical (unpaired) electrons. The van der Waals surface area contributed by atoms with E-state index in [2.05, 4.69) is 2.99 Å². The molecule has 0 unspecified atom stereocenters. The Kier molecular flexibility index (Phi) is 4.46. The maximum absolute atomic E-state index is 10.4. The zero-order valence-electron chi connectivity index (χ0n) is 1.94. The quantitative estimate of drug-likeness (QED) is 0.468. The molecule has 0 aliphatic carbocycles. The van der Waals surface area contributed by atoms with Gasteiger partial charge in [-0.2, -0.15) is 0 Å². The molecular formula is HBFOSn. The minimum absolute atomic E-state index is 0.183. The summed E-state index contributed by atoms with van der Waals surface area (Å²) in [5.41, 5.74) is 0. The van der Waals surface area contributed by atoms with Gasteiger partial charge in [-0.15, -0.1) is 0 Å². The first-order valence-corrected chi connectivity index (χ1v) is 2.04. The Morgan fingerprint density at radius 2 is 2.25 bits per heavy atom. The first-order chi connectivity index (χ1) is 1.91. The molecule has 0 aliphatic rings. The summed E-state index contributed by atoms with van der Waals surface area (Å²) < 4.78 is 14.3. The molecule has 0 amide bonds. The van der Waals surface area contributed by atoms with E-state index in [0.29, 0.717) is 22.9 Å². The Labute approximate surface area is 38.5 Å². The molecule has 0 aromatic carbocycles. The van der Waals surface area contributed by atoms with Gasteiger partial charge in [0.25, 0.3) is 0 Å². The summed E-state index contributed by atoms with van der Waals surface area (Å²) >= 11 is 0.510. The molecule has 0 saturated heterocycles. The van der Waals surface area contributed by atoms with Crippen LogP contribution < -0.4 is 0 Å². The summed E-state index contributed by atoms with van der Waals surface area (Å²) in [6.07, 6.45) is 0. The monoisotopic (exact) mass is 167 g/mol. The SMILES string of the molecule is F[B][O][SnH]. The van der Waals surface area contributed by atoms with Crippen LogP contribution in [0.1, 0.15) is 0 Å². The van der Waals surface area contributed by atoms with Crippen LogP contribution in [0.2, 0.25) is 0 Å². The predicted molar refractivity (Wildman–Crippen MR) is 15.1 cm³/mol. The van der Waals surface area contributed by atoms with Crippen molar-refractivity contribution in [1.82, 2.24) is 0 Å². The van der Waals surface area contributed by atoms with Crippen molar-refractivity contribution >= 4 is 30.7 Å². The van der Waals surface area contributed by atoms with Crippen LogP contribution in [-0.2, 0) is 2.99 Å². The Hall–Kier alpha value is 0.754. The van der Waals surface area contributed by atoms with Crippen molar-refractivity contribution in [3.05, 3.63) is 0 Å². The van der Waals surface area contributed by atoms with Crippen LogP contribution in [0.3, 0.4) is 0 Å². The van der Waals surface area contributed by atoms with E-state index in [1.165, 1.54) is 0 Å². The second-order valence-electron chi connectivity index (χ2n) is 0.225. The van der Waals surface area contributed by atoms with E-state index in [1.54, 1.807) is 0 Å². The topological polar surface area (TPSA) is 9.23 Å². The molecule has 0 saturated carbocycles. The van der Waals surface area contributed by atoms with Crippen LogP contribution in [-0.4, -0.2) is 30.7 Å². The summed E-state index contributed by atoms with van der Waals surface area (Å²) in [6, 6.07) is 0. The molecule has 0 bridgehead atoms. The van der Waals surface area contributed by atoms with Gasteiger partial charge in [-0.1, -0.05) is 0 Å². The molecule has 0 fully saturated rings. The van der Waals surface area contributed by atoms with Gasteiger partial charge >= 0.3 is 38.0 Å². The zero-order valence-corrected chi connectivity index (χ0v) is 5.24. The summed E-state index contributed by atoms with van der Waals surface area (Å²) in [6.45, 7) is 0. The van der Waals surface area contributed by atoms with Crippen LogP contribution in [0.25, 0.3) is 0 Å². The normalized spacial score (nSPS) is 6.50. The average Bonchev–Trinajstić information content (AvgIpc) is 1.37. The Morgan fingerprint density at radius 3 is 2.25 bits per heavy atom. The fourth-order valence-corrected chi connectivity index (χ4v) is 0. The first kappa shape index (κ1) is 4.75. The third-order valence-electron chi connectivity index (χ3n) is 0.0514. The van der Waals surface area contributed by atoms with Gasteiger partial charge in [0.15, 0.2) is 0 Å². The summed E-state index contributed by atoms with van der Waals surface area (Å²) in [5, 5.41) is 0. The second kappa shape index (κ2) is 3.75. The molecule has 0 aliphatic heterocycles. The standard InChI is InChI=1S/BFO.Sn.H/c2-1-3;;/q-1;+1;. The molecule has 0 atom stereocenters. The first-order valence-electron chi connectivity index (χ1n) is 0.690. The molecule has 21 valence electrons. The zero-order chi connectivity index (χ0) is 3.41. The Morgan fingerprint density at radius 1 is 2.00 bits per heavy atom. The van der Waals surface area contributed by atoms with Crippen molar-refractivity contribution < 1.29 is 7.31 Å². The maximum atomic E-state index is 10.4. The molecule has 4 heavy (non-hydrogen) atoms. The van der Waals surface area contributed by atoms with Gasteiger partial charge in [0.05, 0.1) is 0 Å². The van der Waals surface area contributed by atoms with Crippen LogP contribution in [0.4, 0.5) is 4.32 Å². The van der Waals surface area contributed by atoms with Gasteiger partial charge in [-0.3, -0.25) is 0 Å². The predicted octanol–water partition coefficient (Wildman–Crippen LogP) is -0.677. The van der Waals surface area contributed by atoms with E-state index in [9.17, 15) is 4.32 Å². The summed E-state index contributed by atoms with van der Waals surface area (Å²) in [5.74, 6) is 0. The molecule has 0 aromatic rings. The van der Waals surface area contributed by atoms with Crippen LogP contribution in [0.15, 0.2) is 0 Å². The molecule has 1 nitrogen and oxygen atoms in total. The van der Waals surface area contributed by atoms with Gasteiger partial charge < -0.3 is 0 Å². The number of rotatable bonds is 1. The fourth-order valence-electron chi connectivity index (χ4n) is 0. The minimum atomic E-state index is 0.183. The molecule has 0 spiro atoms. The van der Waals surface area contributed by atoms with E-state index in [-0.39, 0.29) is 7.76 Å². The van der Waals surface area contributed by atoms with E-state index >= 15 is 0 Å². The summed E-state index contributed by atoms with van der Waals surface area (Å²) in [7, 11) is 0.183. The number of hydrogen-bond donors (Lipinski definition) is 0. The van der Waals surface area contributed by atoms with E-state index in [1.807, 2.05) is 0 Å². The second-order valence-corrected chi connectivity index (χ2v) is 1.00. The molecule has 0 N–H and O–H groups in total. The molecule has 0 heterocycles. The van der Waals surface area contributed by atoms with Gasteiger partial charge in [0.2, 0.25) is 0 Å². The van der Waals surface area contributed by atoms with Crippen LogP contribution in [0, 0.1) is 0 Å². The van der Waals surface area contributed by atoms with Gasteiger partial charge in [-0.05, 0) is 0 Å². The van der Waals surface area contributed by atoms with Crippen molar-refractivity contribution in [2.75, 3.05) is 0 Å². The third-order valence-corrected chi connectivity index (χ3v) is 0.345. The Balaban J connectivity index is 1.97. The van der Waals surface area contributed by atoms with Gasteiger partial charge in [0.1, 0.15) is 0 Å². The van der Waals surface area contributed by atoms with Crippen LogP contribution in [0.5, 0.6) is 0 Å². The van der Waals surface area contributed by atoms with E-state index in [4.69, 9.17) is 0 Å². The van der Waals surface area contributed by atoms with Crippen molar-refractivity contribution in [3.63, 3.8) is 0 Å². The average molecular weight is 166 g/mol. The van der Waals surface area contributed by atoms with Crippen molar-refractivity contribution in [3.8, 4) is 0 Å².